The Balaban J connectivity index is 1.53. The summed E-state index contributed by atoms with van der Waals surface area (Å²) in [7, 11) is 4.00. The highest BCUT2D eigenvalue weighted by atomic mass is 16.2. The molecule has 0 saturated carbocycles. The second-order valence-corrected chi connectivity index (χ2v) is 8.15. The van der Waals surface area contributed by atoms with Crippen molar-refractivity contribution < 1.29 is 4.79 Å². The van der Waals surface area contributed by atoms with Gasteiger partial charge in [0.05, 0.1) is 5.56 Å². The van der Waals surface area contributed by atoms with Crippen molar-refractivity contribution in [1.29, 1.82) is 0 Å². The standard InChI is InChI=1S/C23H29N3O/c1-24(2)22-11-7-6-10-21(22)23(27)26-16-19-12-13-20(26)17-25(15-19)14-18-8-4-3-5-9-18/h3-11,19-20H,12-17H2,1-2H3/t19-,20+/m0/s1. The van der Waals surface area contributed by atoms with Crippen molar-refractivity contribution in [3.63, 3.8) is 0 Å². The van der Waals surface area contributed by atoms with Crippen LogP contribution in [0.5, 0.6) is 0 Å². The van der Waals surface area contributed by atoms with Gasteiger partial charge in [0.25, 0.3) is 5.91 Å². The number of benzene rings is 2. The minimum Gasteiger partial charge on any atom is -0.377 e. The molecule has 3 fully saturated rings. The molecular formula is C23H29N3O. The van der Waals surface area contributed by atoms with E-state index in [-0.39, 0.29) is 5.91 Å². The summed E-state index contributed by atoms with van der Waals surface area (Å²) in [5, 5.41) is 0. The Labute approximate surface area is 162 Å². The van der Waals surface area contributed by atoms with Crippen LogP contribution >= 0.6 is 0 Å². The molecule has 4 nitrogen and oxygen atoms in total. The summed E-state index contributed by atoms with van der Waals surface area (Å²) >= 11 is 0. The average molecular weight is 364 g/mol. The highest BCUT2D eigenvalue weighted by Crippen LogP contribution is 2.31. The van der Waals surface area contributed by atoms with Crippen molar-refractivity contribution in [2.75, 3.05) is 38.6 Å². The van der Waals surface area contributed by atoms with Crippen LogP contribution in [0, 0.1) is 5.92 Å². The number of hydrogen-bond acceptors (Lipinski definition) is 3. The maximum atomic E-state index is 13.4. The molecule has 3 heterocycles. The van der Waals surface area contributed by atoms with Gasteiger partial charge in [-0.3, -0.25) is 9.69 Å². The molecule has 2 aromatic carbocycles. The molecule has 3 aliphatic rings. The molecule has 0 N–H and O–H groups in total. The van der Waals surface area contributed by atoms with Gasteiger partial charge < -0.3 is 9.80 Å². The zero-order valence-corrected chi connectivity index (χ0v) is 16.3. The predicted octanol–water partition coefficient (Wildman–Crippen LogP) is 3.49. The zero-order valence-electron chi connectivity index (χ0n) is 16.3. The maximum absolute atomic E-state index is 13.4. The number of carbonyl (C=O) groups excluding carboxylic acids is 1. The first-order valence-electron chi connectivity index (χ1n) is 9.95. The lowest BCUT2D eigenvalue weighted by molar-refractivity contribution is 0.0585. The van der Waals surface area contributed by atoms with E-state index < -0.39 is 0 Å². The van der Waals surface area contributed by atoms with E-state index in [2.05, 4.69) is 40.1 Å². The highest BCUT2D eigenvalue weighted by molar-refractivity contribution is 6.00. The minimum absolute atomic E-state index is 0.190. The van der Waals surface area contributed by atoms with E-state index in [4.69, 9.17) is 0 Å². The summed E-state index contributed by atoms with van der Waals surface area (Å²) < 4.78 is 0. The van der Waals surface area contributed by atoms with Crippen LogP contribution < -0.4 is 4.90 Å². The molecule has 2 bridgehead atoms. The summed E-state index contributed by atoms with van der Waals surface area (Å²) in [6, 6.07) is 19.0. The van der Waals surface area contributed by atoms with Crippen LogP contribution in [0.3, 0.4) is 0 Å². The molecular weight excluding hydrogens is 334 g/mol. The van der Waals surface area contributed by atoms with E-state index in [9.17, 15) is 4.79 Å². The molecule has 0 aliphatic carbocycles. The van der Waals surface area contributed by atoms with E-state index >= 15 is 0 Å². The molecule has 27 heavy (non-hydrogen) atoms. The second-order valence-electron chi connectivity index (χ2n) is 8.15. The Bertz CT molecular complexity index is 789. The molecule has 5 rings (SSSR count). The predicted molar refractivity (Wildman–Crippen MR) is 110 cm³/mol. The fourth-order valence-corrected chi connectivity index (χ4v) is 4.60. The van der Waals surface area contributed by atoms with E-state index in [1.165, 1.54) is 12.0 Å². The number of nitrogens with zero attached hydrogens (tertiary/aromatic N) is 3. The summed E-state index contributed by atoms with van der Waals surface area (Å²) in [5.74, 6) is 0.762. The van der Waals surface area contributed by atoms with E-state index in [1.807, 2.05) is 43.3 Å². The van der Waals surface area contributed by atoms with E-state index in [1.54, 1.807) is 0 Å². The van der Waals surface area contributed by atoms with Crippen molar-refractivity contribution in [1.82, 2.24) is 9.80 Å². The molecule has 0 spiro atoms. The molecule has 0 unspecified atom stereocenters. The highest BCUT2D eigenvalue weighted by Gasteiger charge is 2.37. The van der Waals surface area contributed by atoms with Crippen molar-refractivity contribution in [2.24, 2.45) is 5.92 Å². The maximum Gasteiger partial charge on any atom is 0.256 e. The van der Waals surface area contributed by atoms with Gasteiger partial charge in [0.2, 0.25) is 0 Å². The van der Waals surface area contributed by atoms with Gasteiger partial charge in [0.15, 0.2) is 0 Å². The lowest BCUT2D eigenvalue weighted by Gasteiger charge is -2.37. The van der Waals surface area contributed by atoms with Crippen LogP contribution in [-0.2, 0) is 6.54 Å². The van der Waals surface area contributed by atoms with Crippen LogP contribution in [0.25, 0.3) is 0 Å². The van der Waals surface area contributed by atoms with E-state index in [0.717, 1.165) is 43.9 Å². The number of rotatable bonds is 4. The SMILES string of the molecule is CN(C)c1ccccc1C(=O)N1C[C@H]2CC[C@@H]1CN(Cc1ccccc1)C2. The second kappa shape index (κ2) is 7.73. The summed E-state index contributed by atoms with van der Waals surface area (Å²) in [6.07, 6.45) is 2.35. The van der Waals surface area contributed by atoms with Crippen LogP contribution in [0.2, 0.25) is 0 Å². The average Bonchev–Trinajstić information content (AvgIpc) is 2.98. The first-order chi connectivity index (χ1) is 13.1. The van der Waals surface area contributed by atoms with Gasteiger partial charge >= 0.3 is 0 Å². The summed E-state index contributed by atoms with van der Waals surface area (Å²) in [5.41, 5.74) is 3.18. The van der Waals surface area contributed by atoms with Gasteiger partial charge in [-0.05, 0) is 36.5 Å². The third-order valence-electron chi connectivity index (χ3n) is 5.92. The number of piperidine rings is 1. The number of para-hydroxylation sites is 1. The van der Waals surface area contributed by atoms with Crippen molar-refractivity contribution in [3.05, 3.63) is 65.7 Å². The number of anilines is 1. The topological polar surface area (TPSA) is 26.8 Å². The fraction of sp³-hybridized carbons (Fsp3) is 0.435. The zero-order chi connectivity index (χ0) is 18.8. The van der Waals surface area contributed by atoms with Crippen molar-refractivity contribution in [3.8, 4) is 0 Å². The van der Waals surface area contributed by atoms with Crippen molar-refractivity contribution in [2.45, 2.75) is 25.4 Å². The smallest absolute Gasteiger partial charge is 0.256 e. The Hall–Kier alpha value is -2.33. The van der Waals surface area contributed by atoms with Crippen LogP contribution in [0.1, 0.15) is 28.8 Å². The van der Waals surface area contributed by atoms with E-state index in [0.29, 0.717) is 12.0 Å². The number of carbonyl (C=O) groups is 1. The molecule has 0 aromatic heterocycles. The summed E-state index contributed by atoms with van der Waals surface area (Å²) in [6.45, 7) is 3.92. The largest absolute Gasteiger partial charge is 0.377 e. The van der Waals surface area contributed by atoms with Gasteiger partial charge in [-0.1, -0.05) is 42.5 Å². The Morgan fingerprint density at radius 3 is 2.48 bits per heavy atom. The first kappa shape index (κ1) is 18.1. The monoisotopic (exact) mass is 363 g/mol. The number of fused-ring (bicyclic) bond motifs is 4. The van der Waals surface area contributed by atoms with Gasteiger partial charge in [0.1, 0.15) is 0 Å². The Morgan fingerprint density at radius 1 is 0.963 bits per heavy atom. The van der Waals surface area contributed by atoms with Gasteiger partial charge in [-0.2, -0.15) is 0 Å². The van der Waals surface area contributed by atoms with Crippen molar-refractivity contribution >= 4 is 11.6 Å². The number of hydrogen-bond donors (Lipinski definition) is 0. The Kier molecular flexibility index (Phi) is 5.17. The fourth-order valence-electron chi connectivity index (χ4n) is 4.60. The lowest BCUT2D eigenvalue weighted by Crippen LogP contribution is -2.47. The molecule has 2 aromatic rings. The molecule has 1 amide bonds. The third kappa shape index (κ3) is 3.86. The van der Waals surface area contributed by atoms with Gasteiger partial charge in [0, 0.05) is 52.0 Å². The number of amides is 1. The molecule has 142 valence electrons. The van der Waals surface area contributed by atoms with Crippen LogP contribution in [-0.4, -0.2) is 55.5 Å². The molecule has 4 heteroatoms. The lowest BCUT2D eigenvalue weighted by atomic mass is 9.94. The Morgan fingerprint density at radius 2 is 1.70 bits per heavy atom. The van der Waals surface area contributed by atoms with Gasteiger partial charge in [-0.25, -0.2) is 0 Å². The quantitative estimate of drug-likeness (QED) is 0.832. The molecule has 0 radical (unpaired) electrons. The van der Waals surface area contributed by atoms with Crippen LogP contribution in [0.15, 0.2) is 54.6 Å². The third-order valence-corrected chi connectivity index (χ3v) is 5.92. The van der Waals surface area contributed by atoms with Crippen LogP contribution in [0.4, 0.5) is 5.69 Å². The minimum atomic E-state index is 0.190. The molecule has 3 saturated heterocycles. The van der Waals surface area contributed by atoms with Gasteiger partial charge in [-0.15, -0.1) is 0 Å². The molecule has 2 atom stereocenters. The normalized spacial score (nSPS) is 22.5. The first-order valence-corrected chi connectivity index (χ1v) is 9.95. The summed E-state index contributed by atoms with van der Waals surface area (Å²) in [4.78, 5) is 20.1. The molecule has 3 aliphatic heterocycles.